The maximum Gasteiger partial charge on any atom is 0.433 e. The third-order valence-electron chi connectivity index (χ3n) is 2.26. The van der Waals surface area contributed by atoms with E-state index in [1.807, 2.05) is 13.8 Å². The van der Waals surface area contributed by atoms with Gasteiger partial charge in [0, 0.05) is 6.20 Å². The van der Waals surface area contributed by atoms with Crippen molar-refractivity contribution in [3.8, 4) is 0 Å². The first-order valence-electron chi connectivity index (χ1n) is 4.48. The summed E-state index contributed by atoms with van der Waals surface area (Å²) in [4.78, 5) is 3.39. The molecule has 0 amide bonds. The van der Waals surface area contributed by atoms with Gasteiger partial charge < -0.3 is 0 Å². The molecule has 1 aromatic rings. The summed E-state index contributed by atoms with van der Waals surface area (Å²) in [6.45, 7) is 3.95. The number of hydrogen-bond donors (Lipinski definition) is 0. The minimum Gasteiger partial charge on any atom is -0.251 e. The molecule has 0 radical (unpaired) electrons. The fourth-order valence-electron chi connectivity index (χ4n) is 1.10. The van der Waals surface area contributed by atoms with Gasteiger partial charge in [-0.15, -0.1) is 0 Å². The van der Waals surface area contributed by atoms with E-state index in [1.54, 1.807) is 0 Å². The molecule has 1 rings (SSSR count). The van der Waals surface area contributed by atoms with Gasteiger partial charge in [-0.1, -0.05) is 19.9 Å². The van der Waals surface area contributed by atoms with Crippen LogP contribution >= 0.6 is 0 Å². The van der Waals surface area contributed by atoms with E-state index in [9.17, 15) is 13.2 Å². The molecular weight excluding hydrogens is 191 g/mol. The van der Waals surface area contributed by atoms with Gasteiger partial charge in [-0.25, -0.2) is 0 Å². The zero-order valence-electron chi connectivity index (χ0n) is 8.10. The van der Waals surface area contributed by atoms with Crippen LogP contribution < -0.4 is 0 Å². The number of nitrogens with zero attached hydrogens (tertiary/aromatic N) is 1. The molecule has 0 unspecified atom stereocenters. The van der Waals surface area contributed by atoms with E-state index in [1.165, 1.54) is 12.3 Å². The second-order valence-corrected chi connectivity index (χ2v) is 3.28. The largest absolute Gasteiger partial charge is 0.433 e. The third kappa shape index (κ3) is 2.47. The van der Waals surface area contributed by atoms with Crippen molar-refractivity contribution in [2.24, 2.45) is 0 Å². The smallest absolute Gasteiger partial charge is 0.251 e. The highest BCUT2D eigenvalue weighted by molar-refractivity contribution is 5.18. The van der Waals surface area contributed by atoms with E-state index in [-0.39, 0.29) is 5.92 Å². The molecule has 0 spiro atoms. The SMILES string of the molecule is CC[C@@H](C)c1ccc(C(F)(F)F)nc1. The summed E-state index contributed by atoms with van der Waals surface area (Å²) in [5.74, 6) is 0.254. The second kappa shape index (κ2) is 3.98. The highest BCUT2D eigenvalue weighted by Gasteiger charge is 2.32. The molecule has 1 heterocycles. The monoisotopic (exact) mass is 203 g/mol. The van der Waals surface area contributed by atoms with Gasteiger partial charge in [0.15, 0.2) is 0 Å². The van der Waals surface area contributed by atoms with Crippen LogP contribution in [0.25, 0.3) is 0 Å². The minimum absolute atomic E-state index is 0.254. The fourth-order valence-corrected chi connectivity index (χ4v) is 1.10. The normalized spacial score (nSPS) is 14.1. The summed E-state index contributed by atoms with van der Waals surface area (Å²) in [5, 5.41) is 0. The van der Waals surface area contributed by atoms with Crippen LogP contribution in [-0.4, -0.2) is 4.98 Å². The molecule has 0 aliphatic carbocycles. The van der Waals surface area contributed by atoms with Crippen LogP contribution in [0.15, 0.2) is 18.3 Å². The van der Waals surface area contributed by atoms with Crippen LogP contribution in [0.3, 0.4) is 0 Å². The second-order valence-electron chi connectivity index (χ2n) is 3.28. The van der Waals surface area contributed by atoms with Crippen molar-refractivity contribution in [1.29, 1.82) is 0 Å². The van der Waals surface area contributed by atoms with E-state index in [0.29, 0.717) is 0 Å². The fraction of sp³-hybridized carbons (Fsp3) is 0.500. The van der Waals surface area contributed by atoms with Crippen LogP contribution in [0.2, 0.25) is 0 Å². The molecule has 78 valence electrons. The van der Waals surface area contributed by atoms with E-state index < -0.39 is 11.9 Å². The zero-order valence-corrected chi connectivity index (χ0v) is 8.10. The molecule has 1 atom stereocenters. The molecule has 0 N–H and O–H groups in total. The molecule has 4 heteroatoms. The lowest BCUT2D eigenvalue weighted by Crippen LogP contribution is -2.08. The minimum atomic E-state index is -4.34. The Bertz CT molecular complexity index is 289. The van der Waals surface area contributed by atoms with Crippen LogP contribution in [0, 0.1) is 0 Å². The Morgan fingerprint density at radius 1 is 1.36 bits per heavy atom. The molecule has 0 bridgehead atoms. The summed E-state index contributed by atoms with van der Waals surface area (Å²) in [6.07, 6.45) is -2.14. The topological polar surface area (TPSA) is 12.9 Å². The summed E-state index contributed by atoms with van der Waals surface area (Å²) >= 11 is 0. The first-order valence-corrected chi connectivity index (χ1v) is 4.48. The average Bonchev–Trinajstić information content (AvgIpc) is 2.15. The molecule has 0 aromatic carbocycles. The molecule has 0 saturated carbocycles. The average molecular weight is 203 g/mol. The van der Waals surface area contributed by atoms with Crippen molar-refractivity contribution in [3.05, 3.63) is 29.6 Å². The Morgan fingerprint density at radius 3 is 2.36 bits per heavy atom. The van der Waals surface area contributed by atoms with Gasteiger partial charge >= 0.3 is 6.18 Å². The van der Waals surface area contributed by atoms with Crippen LogP contribution in [0.1, 0.15) is 37.4 Å². The number of alkyl halides is 3. The predicted octanol–water partition coefficient (Wildman–Crippen LogP) is 3.61. The maximum atomic E-state index is 12.1. The van der Waals surface area contributed by atoms with Gasteiger partial charge in [0.05, 0.1) is 0 Å². The third-order valence-corrected chi connectivity index (χ3v) is 2.26. The van der Waals surface area contributed by atoms with Gasteiger partial charge in [0.2, 0.25) is 0 Å². The molecule has 0 fully saturated rings. The van der Waals surface area contributed by atoms with E-state index in [4.69, 9.17) is 0 Å². The summed E-state index contributed by atoms with van der Waals surface area (Å²) in [7, 11) is 0. The molecule has 0 saturated heterocycles. The number of aromatic nitrogens is 1. The van der Waals surface area contributed by atoms with Gasteiger partial charge in [-0.2, -0.15) is 13.2 Å². The van der Waals surface area contributed by atoms with Gasteiger partial charge in [-0.05, 0) is 24.0 Å². The Morgan fingerprint density at radius 2 is 2.00 bits per heavy atom. The van der Waals surface area contributed by atoms with Crippen LogP contribution in [-0.2, 0) is 6.18 Å². The summed E-state index contributed by atoms with van der Waals surface area (Å²) < 4.78 is 36.4. The Balaban J connectivity index is 2.89. The predicted molar refractivity (Wildman–Crippen MR) is 47.9 cm³/mol. The van der Waals surface area contributed by atoms with E-state index >= 15 is 0 Å². The number of rotatable bonds is 2. The lowest BCUT2D eigenvalue weighted by molar-refractivity contribution is -0.141. The van der Waals surface area contributed by atoms with Crippen molar-refractivity contribution in [2.45, 2.75) is 32.4 Å². The summed E-state index contributed by atoms with van der Waals surface area (Å²) in [6, 6.07) is 2.52. The standard InChI is InChI=1S/C10H12F3N/c1-3-7(2)8-4-5-9(14-6-8)10(11,12)13/h4-7H,3H2,1-2H3/t7-/m1/s1. The highest BCUT2D eigenvalue weighted by Crippen LogP contribution is 2.28. The quantitative estimate of drug-likeness (QED) is 0.715. The molecule has 0 aliphatic rings. The molecule has 1 aromatic heterocycles. The first kappa shape index (κ1) is 11.0. The van der Waals surface area contributed by atoms with Crippen LogP contribution in [0.5, 0.6) is 0 Å². The Labute approximate surface area is 81.0 Å². The molecule has 14 heavy (non-hydrogen) atoms. The van der Waals surface area contributed by atoms with Gasteiger partial charge in [0.1, 0.15) is 5.69 Å². The van der Waals surface area contributed by atoms with E-state index in [0.717, 1.165) is 18.1 Å². The Kier molecular flexibility index (Phi) is 3.13. The van der Waals surface area contributed by atoms with Crippen molar-refractivity contribution in [3.63, 3.8) is 0 Å². The van der Waals surface area contributed by atoms with Crippen molar-refractivity contribution >= 4 is 0 Å². The lowest BCUT2D eigenvalue weighted by Gasteiger charge is -2.10. The van der Waals surface area contributed by atoms with Crippen molar-refractivity contribution in [2.75, 3.05) is 0 Å². The number of pyridine rings is 1. The van der Waals surface area contributed by atoms with Gasteiger partial charge in [-0.3, -0.25) is 4.98 Å². The Hall–Kier alpha value is -1.06. The highest BCUT2D eigenvalue weighted by atomic mass is 19.4. The first-order chi connectivity index (χ1) is 6.45. The zero-order chi connectivity index (χ0) is 10.8. The summed E-state index contributed by atoms with van der Waals surface area (Å²) in [5.41, 5.74) is 0.0186. The van der Waals surface area contributed by atoms with Crippen molar-refractivity contribution in [1.82, 2.24) is 4.98 Å². The molecule has 1 nitrogen and oxygen atoms in total. The lowest BCUT2D eigenvalue weighted by atomic mass is 10.0. The number of halogens is 3. The van der Waals surface area contributed by atoms with Gasteiger partial charge in [0.25, 0.3) is 0 Å². The van der Waals surface area contributed by atoms with E-state index in [2.05, 4.69) is 4.98 Å². The maximum absolute atomic E-state index is 12.1. The number of hydrogen-bond acceptors (Lipinski definition) is 1. The molecular formula is C10H12F3N. The van der Waals surface area contributed by atoms with Crippen LogP contribution in [0.4, 0.5) is 13.2 Å². The molecule has 0 aliphatic heterocycles. The van der Waals surface area contributed by atoms with Crippen molar-refractivity contribution < 1.29 is 13.2 Å².